The first-order chi connectivity index (χ1) is 9.97. The average Bonchev–Trinajstić information content (AvgIpc) is 2.45. The lowest BCUT2D eigenvalue weighted by Gasteiger charge is -2.14. The number of nitrogens with zero attached hydrogens (tertiary/aromatic N) is 1. The highest BCUT2D eigenvalue weighted by Gasteiger charge is 2.17. The van der Waals surface area contributed by atoms with Gasteiger partial charge in [-0.2, -0.15) is 0 Å². The van der Waals surface area contributed by atoms with E-state index in [4.69, 9.17) is 17.3 Å². The van der Waals surface area contributed by atoms with Crippen molar-refractivity contribution in [1.29, 1.82) is 0 Å². The van der Waals surface area contributed by atoms with Gasteiger partial charge in [0.25, 0.3) is 0 Å². The quantitative estimate of drug-likeness (QED) is 0.756. The van der Waals surface area contributed by atoms with Crippen LogP contribution in [0.1, 0.15) is 11.1 Å². The Hall–Kier alpha value is -2.11. The maximum atomic E-state index is 12.1. The first-order valence-corrected chi connectivity index (χ1v) is 6.80. The second kappa shape index (κ2) is 6.56. The summed E-state index contributed by atoms with van der Waals surface area (Å²) < 4.78 is 0. The number of rotatable bonds is 4. The predicted octanol–water partition coefficient (Wildman–Crippen LogP) is 2.26. The van der Waals surface area contributed by atoms with Crippen LogP contribution in [-0.4, -0.2) is 22.0 Å². The number of nitrogens with two attached hydrogens (primary N) is 1. The molecule has 0 spiro atoms. The summed E-state index contributed by atoms with van der Waals surface area (Å²) in [6.45, 7) is 1.83. The van der Waals surface area contributed by atoms with E-state index in [1.54, 1.807) is 36.5 Å². The van der Waals surface area contributed by atoms with Gasteiger partial charge in [0.05, 0.1) is 11.7 Å². The van der Waals surface area contributed by atoms with Crippen LogP contribution in [0.4, 0.5) is 5.69 Å². The van der Waals surface area contributed by atoms with E-state index in [0.29, 0.717) is 12.1 Å². The van der Waals surface area contributed by atoms with Crippen LogP contribution in [0.2, 0.25) is 5.15 Å². The van der Waals surface area contributed by atoms with Crippen LogP contribution >= 0.6 is 11.6 Å². The van der Waals surface area contributed by atoms with E-state index in [1.807, 2.05) is 6.92 Å². The largest absolute Gasteiger partial charge is 0.508 e. The molecule has 21 heavy (non-hydrogen) atoms. The molecule has 1 amide bonds. The maximum absolute atomic E-state index is 12.1. The maximum Gasteiger partial charge on any atom is 0.241 e. The van der Waals surface area contributed by atoms with Crippen molar-refractivity contribution in [2.24, 2.45) is 5.73 Å². The van der Waals surface area contributed by atoms with Gasteiger partial charge in [-0.3, -0.25) is 4.79 Å². The van der Waals surface area contributed by atoms with Gasteiger partial charge in [0.2, 0.25) is 5.91 Å². The normalized spacial score (nSPS) is 12.0. The number of halogens is 1. The molecule has 1 aromatic carbocycles. The zero-order valence-corrected chi connectivity index (χ0v) is 12.3. The molecular weight excluding hydrogens is 290 g/mol. The van der Waals surface area contributed by atoms with Crippen molar-refractivity contribution in [3.8, 4) is 5.75 Å². The van der Waals surface area contributed by atoms with Gasteiger partial charge in [-0.25, -0.2) is 4.98 Å². The number of aromatic hydroxyl groups is 1. The molecule has 4 N–H and O–H groups in total. The number of phenolic OH excluding ortho intramolecular Hbond substituents is 1. The second-order valence-corrected chi connectivity index (χ2v) is 5.12. The Balaban J connectivity index is 2.04. The van der Waals surface area contributed by atoms with Crippen molar-refractivity contribution in [1.82, 2.24) is 4.98 Å². The van der Waals surface area contributed by atoms with E-state index in [-0.39, 0.29) is 16.8 Å². The van der Waals surface area contributed by atoms with Gasteiger partial charge < -0.3 is 16.2 Å². The number of hydrogen-bond acceptors (Lipinski definition) is 4. The number of aromatic nitrogens is 1. The average molecular weight is 306 g/mol. The third-order valence-electron chi connectivity index (χ3n) is 3.09. The highest BCUT2D eigenvalue weighted by molar-refractivity contribution is 6.32. The van der Waals surface area contributed by atoms with Crippen molar-refractivity contribution in [2.45, 2.75) is 19.4 Å². The van der Waals surface area contributed by atoms with Gasteiger partial charge in [-0.05, 0) is 42.7 Å². The van der Waals surface area contributed by atoms with E-state index in [1.165, 1.54) is 0 Å². The van der Waals surface area contributed by atoms with Crippen molar-refractivity contribution in [3.05, 3.63) is 52.8 Å². The van der Waals surface area contributed by atoms with Gasteiger partial charge >= 0.3 is 0 Å². The lowest BCUT2D eigenvalue weighted by molar-refractivity contribution is -0.117. The third-order valence-corrected chi connectivity index (χ3v) is 3.38. The molecule has 6 heteroatoms. The summed E-state index contributed by atoms with van der Waals surface area (Å²) in [5.41, 5.74) is 8.06. The fourth-order valence-corrected chi connectivity index (χ4v) is 2.12. The number of carbonyl (C=O) groups is 1. The Morgan fingerprint density at radius 1 is 1.38 bits per heavy atom. The molecule has 0 aliphatic rings. The van der Waals surface area contributed by atoms with Crippen LogP contribution in [0.15, 0.2) is 36.5 Å². The Morgan fingerprint density at radius 2 is 2.05 bits per heavy atom. The van der Waals surface area contributed by atoms with Crippen LogP contribution in [0.5, 0.6) is 5.75 Å². The number of phenols is 1. The van der Waals surface area contributed by atoms with E-state index in [2.05, 4.69) is 10.3 Å². The monoisotopic (exact) mass is 305 g/mol. The molecule has 0 saturated heterocycles. The Morgan fingerprint density at radius 3 is 2.67 bits per heavy atom. The van der Waals surface area contributed by atoms with Crippen molar-refractivity contribution >= 4 is 23.2 Å². The lowest BCUT2D eigenvalue weighted by Crippen LogP contribution is -2.37. The van der Waals surface area contributed by atoms with Crippen LogP contribution < -0.4 is 11.1 Å². The molecule has 0 aliphatic carbocycles. The van der Waals surface area contributed by atoms with E-state index >= 15 is 0 Å². The number of benzene rings is 1. The van der Waals surface area contributed by atoms with Gasteiger partial charge in [0.15, 0.2) is 5.15 Å². The predicted molar refractivity (Wildman–Crippen MR) is 82.4 cm³/mol. The molecule has 0 radical (unpaired) electrons. The first kappa shape index (κ1) is 15.3. The summed E-state index contributed by atoms with van der Waals surface area (Å²) in [5.74, 6) is -0.157. The zero-order chi connectivity index (χ0) is 15.4. The van der Waals surface area contributed by atoms with Gasteiger partial charge in [-0.1, -0.05) is 23.7 Å². The minimum atomic E-state index is -0.717. The summed E-state index contributed by atoms with van der Waals surface area (Å²) in [6.07, 6.45) is 1.94. The van der Waals surface area contributed by atoms with Crippen LogP contribution in [0.25, 0.3) is 0 Å². The van der Waals surface area contributed by atoms with Gasteiger partial charge in [0.1, 0.15) is 5.75 Å². The number of pyridine rings is 1. The molecule has 1 heterocycles. The molecule has 0 saturated carbocycles. The molecule has 1 unspecified atom stereocenters. The fourth-order valence-electron chi connectivity index (χ4n) is 1.87. The van der Waals surface area contributed by atoms with E-state index in [0.717, 1.165) is 11.1 Å². The number of nitrogens with one attached hydrogen (secondary N) is 1. The smallest absolute Gasteiger partial charge is 0.241 e. The Kier molecular flexibility index (Phi) is 4.77. The van der Waals surface area contributed by atoms with Crippen LogP contribution in [-0.2, 0) is 11.2 Å². The number of carbonyl (C=O) groups excluding carboxylic acids is 1. The Bertz CT molecular complexity index is 624. The molecule has 0 aliphatic heterocycles. The number of anilines is 1. The van der Waals surface area contributed by atoms with Crippen molar-refractivity contribution in [2.75, 3.05) is 5.32 Å². The topological polar surface area (TPSA) is 88.2 Å². The molecule has 0 bridgehead atoms. The molecule has 2 rings (SSSR count). The highest BCUT2D eigenvalue weighted by atomic mass is 35.5. The number of aryl methyl sites for hydroxylation is 1. The third kappa shape index (κ3) is 3.93. The van der Waals surface area contributed by atoms with Crippen LogP contribution in [0.3, 0.4) is 0 Å². The van der Waals surface area contributed by atoms with Gasteiger partial charge in [0, 0.05) is 6.20 Å². The SMILES string of the molecule is Cc1ccnc(Cl)c1NC(=O)C(N)Cc1ccc(O)cc1. The highest BCUT2D eigenvalue weighted by Crippen LogP contribution is 2.23. The summed E-state index contributed by atoms with van der Waals surface area (Å²) in [7, 11) is 0. The lowest BCUT2D eigenvalue weighted by atomic mass is 10.1. The summed E-state index contributed by atoms with van der Waals surface area (Å²) in [4.78, 5) is 16.0. The summed E-state index contributed by atoms with van der Waals surface area (Å²) in [6, 6.07) is 7.61. The zero-order valence-electron chi connectivity index (χ0n) is 11.5. The second-order valence-electron chi connectivity index (χ2n) is 4.76. The summed E-state index contributed by atoms with van der Waals surface area (Å²) >= 11 is 5.96. The fraction of sp³-hybridized carbons (Fsp3) is 0.200. The molecule has 2 aromatic rings. The minimum Gasteiger partial charge on any atom is -0.508 e. The molecule has 110 valence electrons. The molecule has 0 fully saturated rings. The molecule has 1 aromatic heterocycles. The van der Waals surface area contributed by atoms with E-state index in [9.17, 15) is 9.90 Å². The minimum absolute atomic E-state index is 0.175. The Labute approximate surface area is 127 Å². The van der Waals surface area contributed by atoms with Crippen LogP contribution in [0, 0.1) is 6.92 Å². The molecule has 1 atom stereocenters. The molecular formula is C15H16ClN3O2. The van der Waals surface area contributed by atoms with Crippen molar-refractivity contribution < 1.29 is 9.90 Å². The first-order valence-electron chi connectivity index (χ1n) is 6.43. The summed E-state index contributed by atoms with van der Waals surface area (Å²) in [5, 5.41) is 12.2. The van der Waals surface area contributed by atoms with Gasteiger partial charge in [-0.15, -0.1) is 0 Å². The standard InChI is InChI=1S/C15H16ClN3O2/c1-9-6-7-18-14(16)13(9)19-15(21)12(17)8-10-2-4-11(20)5-3-10/h2-7,12,20H,8,17H2,1H3,(H,19,21). The molecule has 5 nitrogen and oxygen atoms in total. The number of hydrogen-bond donors (Lipinski definition) is 3. The van der Waals surface area contributed by atoms with E-state index < -0.39 is 6.04 Å². The van der Waals surface area contributed by atoms with Crippen molar-refractivity contribution in [3.63, 3.8) is 0 Å². The number of amides is 1.